The molecule has 84 valence electrons. The van der Waals surface area contributed by atoms with Crippen LogP contribution < -0.4 is 5.32 Å². The minimum atomic E-state index is -0.185. The Balaban J connectivity index is 2.11. The summed E-state index contributed by atoms with van der Waals surface area (Å²) < 4.78 is 15.2. The van der Waals surface area contributed by atoms with Gasteiger partial charge in [-0.15, -0.1) is 0 Å². The fourth-order valence-corrected chi connectivity index (χ4v) is 1.54. The standard InChI is InChI=1S/C12H14FN3/c1-9-11(13)4-3-5-12(9)15-7-10-6-14-8-16(10)2/h3-6,8,15H,7H2,1-2H3. The molecule has 16 heavy (non-hydrogen) atoms. The molecule has 3 nitrogen and oxygen atoms in total. The van der Waals surface area contributed by atoms with E-state index >= 15 is 0 Å². The van der Waals surface area contributed by atoms with Crippen LogP contribution in [0.3, 0.4) is 0 Å². The molecular weight excluding hydrogens is 205 g/mol. The number of hydrogen-bond donors (Lipinski definition) is 1. The van der Waals surface area contributed by atoms with Crippen molar-refractivity contribution in [3.05, 3.63) is 47.8 Å². The fraction of sp³-hybridized carbons (Fsp3) is 0.250. The molecule has 4 heteroatoms. The Morgan fingerprint density at radius 1 is 1.44 bits per heavy atom. The highest BCUT2D eigenvalue weighted by molar-refractivity contribution is 5.51. The van der Waals surface area contributed by atoms with Crippen molar-refractivity contribution in [1.82, 2.24) is 9.55 Å². The quantitative estimate of drug-likeness (QED) is 0.859. The highest BCUT2D eigenvalue weighted by Crippen LogP contribution is 2.17. The molecule has 2 rings (SSSR count). The van der Waals surface area contributed by atoms with Crippen LogP contribution in [0.5, 0.6) is 0 Å². The first kappa shape index (κ1) is 10.7. The minimum Gasteiger partial charge on any atom is -0.379 e. The van der Waals surface area contributed by atoms with E-state index in [-0.39, 0.29) is 5.82 Å². The van der Waals surface area contributed by atoms with Crippen LogP contribution in [0.15, 0.2) is 30.7 Å². The van der Waals surface area contributed by atoms with Gasteiger partial charge < -0.3 is 9.88 Å². The molecular formula is C12H14FN3. The van der Waals surface area contributed by atoms with Crippen LogP contribution in [0.25, 0.3) is 0 Å². The Morgan fingerprint density at radius 2 is 2.25 bits per heavy atom. The molecule has 0 amide bonds. The van der Waals surface area contributed by atoms with Gasteiger partial charge in [0.25, 0.3) is 0 Å². The van der Waals surface area contributed by atoms with E-state index in [1.165, 1.54) is 6.07 Å². The maximum absolute atomic E-state index is 13.3. The lowest BCUT2D eigenvalue weighted by Gasteiger charge is -2.10. The van der Waals surface area contributed by atoms with Crippen molar-refractivity contribution >= 4 is 5.69 Å². The third-order valence-corrected chi connectivity index (χ3v) is 2.64. The number of nitrogens with zero attached hydrogens (tertiary/aromatic N) is 2. The summed E-state index contributed by atoms with van der Waals surface area (Å²) >= 11 is 0. The molecule has 0 spiro atoms. The summed E-state index contributed by atoms with van der Waals surface area (Å²) in [7, 11) is 1.93. The normalized spacial score (nSPS) is 10.4. The Hall–Kier alpha value is -1.84. The Kier molecular flexibility index (Phi) is 2.90. The van der Waals surface area contributed by atoms with Crippen molar-refractivity contribution in [1.29, 1.82) is 0 Å². The first-order valence-electron chi connectivity index (χ1n) is 5.12. The van der Waals surface area contributed by atoms with Crippen LogP contribution in [-0.4, -0.2) is 9.55 Å². The summed E-state index contributed by atoms with van der Waals surface area (Å²) in [6.07, 6.45) is 3.54. The maximum Gasteiger partial charge on any atom is 0.128 e. The SMILES string of the molecule is Cc1c(F)cccc1NCc1cncn1C. The van der Waals surface area contributed by atoms with Crippen molar-refractivity contribution in [2.75, 3.05) is 5.32 Å². The van der Waals surface area contributed by atoms with E-state index in [2.05, 4.69) is 10.3 Å². The first-order chi connectivity index (χ1) is 7.68. The van der Waals surface area contributed by atoms with E-state index in [9.17, 15) is 4.39 Å². The van der Waals surface area contributed by atoms with Gasteiger partial charge in [0.2, 0.25) is 0 Å². The number of aromatic nitrogens is 2. The minimum absolute atomic E-state index is 0.185. The summed E-state index contributed by atoms with van der Waals surface area (Å²) in [6.45, 7) is 2.40. The highest BCUT2D eigenvalue weighted by atomic mass is 19.1. The van der Waals surface area contributed by atoms with Gasteiger partial charge in [0.1, 0.15) is 5.82 Å². The summed E-state index contributed by atoms with van der Waals surface area (Å²) in [6, 6.07) is 5.03. The number of rotatable bonds is 3. The summed E-state index contributed by atoms with van der Waals surface area (Å²) in [5.74, 6) is -0.185. The van der Waals surface area contributed by atoms with Gasteiger partial charge in [0.15, 0.2) is 0 Å². The van der Waals surface area contributed by atoms with E-state index in [1.54, 1.807) is 25.5 Å². The van der Waals surface area contributed by atoms with Crippen LogP contribution in [0.2, 0.25) is 0 Å². The smallest absolute Gasteiger partial charge is 0.128 e. The largest absolute Gasteiger partial charge is 0.379 e. The second-order valence-electron chi connectivity index (χ2n) is 3.76. The maximum atomic E-state index is 13.3. The van der Waals surface area contributed by atoms with Crippen LogP contribution in [-0.2, 0) is 13.6 Å². The first-order valence-corrected chi connectivity index (χ1v) is 5.12. The zero-order valence-corrected chi connectivity index (χ0v) is 9.37. The second-order valence-corrected chi connectivity index (χ2v) is 3.76. The molecule has 0 saturated heterocycles. The van der Waals surface area contributed by atoms with Gasteiger partial charge in [0.05, 0.1) is 18.6 Å². The number of nitrogens with one attached hydrogen (secondary N) is 1. The van der Waals surface area contributed by atoms with Crippen LogP contribution in [0.1, 0.15) is 11.3 Å². The number of benzene rings is 1. The third kappa shape index (κ3) is 2.05. The van der Waals surface area contributed by atoms with Gasteiger partial charge in [-0.05, 0) is 19.1 Å². The molecule has 0 atom stereocenters. The average molecular weight is 219 g/mol. The van der Waals surface area contributed by atoms with Gasteiger partial charge in [-0.1, -0.05) is 6.07 Å². The molecule has 0 radical (unpaired) electrons. The molecule has 0 aliphatic heterocycles. The predicted molar refractivity (Wildman–Crippen MR) is 61.7 cm³/mol. The van der Waals surface area contributed by atoms with Crippen LogP contribution >= 0.6 is 0 Å². The lowest BCUT2D eigenvalue weighted by molar-refractivity contribution is 0.619. The molecule has 0 fully saturated rings. The highest BCUT2D eigenvalue weighted by Gasteiger charge is 2.03. The number of aryl methyl sites for hydroxylation is 1. The van der Waals surface area contributed by atoms with Crippen molar-refractivity contribution in [2.45, 2.75) is 13.5 Å². The van der Waals surface area contributed by atoms with E-state index in [0.717, 1.165) is 11.4 Å². The van der Waals surface area contributed by atoms with Gasteiger partial charge >= 0.3 is 0 Å². The van der Waals surface area contributed by atoms with E-state index < -0.39 is 0 Å². The van der Waals surface area contributed by atoms with Gasteiger partial charge in [-0.3, -0.25) is 0 Å². The zero-order valence-electron chi connectivity index (χ0n) is 9.37. The molecule has 1 N–H and O–H groups in total. The van der Waals surface area contributed by atoms with Gasteiger partial charge in [-0.25, -0.2) is 9.37 Å². The van der Waals surface area contributed by atoms with Crippen LogP contribution in [0.4, 0.5) is 10.1 Å². The Labute approximate surface area is 93.9 Å². The van der Waals surface area contributed by atoms with Crippen LogP contribution in [0, 0.1) is 12.7 Å². The zero-order chi connectivity index (χ0) is 11.5. The number of anilines is 1. The molecule has 0 saturated carbocycles. The molecule has 1 aromatic heterocycles. The lowest BCUT2D eigenvalue weighted by atomic mass is 10.2. The van der Waals surface area contributed by atoms with Crippen molar-refractivity contribution < 1.29 is 4.39 Å². The topological polar surface area (TPSA) is 29.9 Å². The van der Waals surface area contributed by atoms with Crippen molar-refractivity contribution in [3.8, 4) is 0 Å². The second kappa shape index (κ2) is 4.35. The molecule has 1 heterocycles. The molecule has 2 aromatic rings. The van der Waals surface area contributed by atoms with Gasteiger partial charge in [0, 0.05) is 24.5 Å². The fourth-order valence-electron chi connectivity index (χ4n) is 1.54. The number of halogens is 1. The Morgan fingerprint density at radius 3 is 2.94 bits per heavy atom. The summed E-state index contributed by atoms with van der Waals surface area (Å²) in [5, 5.41) is 3.20. The molecule has 0 aliphatic carbocycles. The van der Waals surface area contributed by atoms with E-state index in [4.69, 9.17) is 0 Å². The average Bonchev–Trinajstić information content (AvgIpc) is 2.67. The molecule has 0 unspecified atom stereocenters. The number of imidazole rings is 1. The third-order valence-electron chi connectivity index (χ3n) is 2.64. The van der Waals surface area contributed by atoms with Crippen molar-refractivity contribution in [3.63, 3.8) is 0 Å². The van der Waals surface area contributed by atoms with E-state index in [0.29, 0.717) is 12.1 Å². The van der Waals surface area contributed by atoms with E-state index in [1.807, 2.05) is 17.7 Å². The predicted octanol–water partition coefficient (Wildman–Crippen LogP) is 2.48. The molecule has 0 aliphatic rings. The Bertz CT molecular complexity index is 491. The monoisotopic (exact) mass is 219 g/mol. The number of hydrogen-bond acceptors (Lipinski definition) is 2. The molecule has 0 bridgehead atoms. The molecule has 1 aromatic carbocycles. The summed E-state index contributed by atoms with van der Waals surface area (Å²) in [4.78, 5) is 4.02. The lowest BCUT2D eigenvalue weighted by Crippen LogP contribution is -2.05. The summed E-state index contributed by atoms with van der Waals surface area (Å²) in [5.41, 5.74) is 2.52. The van der Waals surface area contributed by atoms with Crippen molar-refractivity contribution in [2.24, 2.45) is 7.05 Å². The van der Waals surface area contributed by atoms with Gasteiger partial charge in [-0.2, -0.15) is 0 Å².